The van der Waals surface area contributed by atoms with Gasteiger partial charge in [0.15, 0.2) is 5.82 Å². The van der Waals surface area contributed by atoms with Gasteiger partial charge in [-0.3, -0.25) is 19.6 Å². The highest BCUT2D eigenvalue weighted by Gasteiger charge is 2.34. The van der Waals surface area contributed by atoms with Crippen molar-refractivity contribution in [2.24, 2.45) is 7.05 Å². The number of aromatic nitrogens is 4. The minimum absolute atomic E-state index is 0.0172. The lowest BCUT2D eigenvalue weighted by Crippen LogP contribution is -2.58. The van der Waals surface area contributed by atoms with Crippen LogP contribution in [0.4, 0.5) is 16.2 Å². The van der Waals surface area contributed by atoms with Gasteiger partial charge < -0.3 is 14.7 Å². The van der Waals surface area contributed by atoms with E-state index in [9.17, 15) is 9.59 Å². The van der Waals surface area contributed by atoms with E-state index in [1.165, 1.54) is 6.08 Å². The van der Waals surface area contributed by atoms with Crippen molar-refractivity contribution in [2.45, 2.75) is 32.9 Å². The molecule has 5 rings (SSSR count). The van der Waals surface area contributed by atoms with Gasteiger partial charge in [-0.1, -0.05) is 30.3 Å². The maximum Gasteiger partial charge on any atom is 0.246 e. The second-order valence-corrected chi connectivity index (χ2v) is 11.5. The maximum absolute atomic E-state index is 16.8. The zero-order valence-electron chi connectivity index (χ0n) is 24.6. The van der Waals surface area contributed by atoms with Crippen LogP contribution < -0.4 is 10.2 Å². The summed E-state index contributed by atoms with van der Waals surface area (Å²) in [5.41, 5.74) is 2.42. The number of hydrogen-bond donors (Lipinski definition) is 1. The lowest BCUT2D eigenvalue weighted by atomic mass is 9.95. The third-order valence-electron chi connectivity index (χ3n) is 7.65. The van der Waals surface area contributed by atoms with Crippen molar-refractivity contribution in [1.29, 1.82) is 0 Å². The van der Waals surface area contributed by atoms with Crippen LogP contribution in [0.2, 0.25) is 5.02 Å². The zero-order valence-corrected chi connectivity index (χ0v) is 25.3. The van der Waals surface area contributed by atoms with Crippen LogP contribution in [-0.2, 0) is 16.6 Å². The molecular formula is C30H34ClFN8O2. The summed E-state index contributed by atoms with van der Waals surface area (Å²) in [6.07, 6.45) is 3.03. The van der Waals surface area contributed by atoms with Crippen LogP contribution in [0, 0.1) is 12.7 Å². The number of piperazine rings is 1. The van der Waals surface area contributed by atoms with Gasteiger partial charge in [-0.05, 0) is 52.6 Å². The SMILES string of the molecule is C=CC(=O)N1C[C@H](C)N(c2nc(NC(=O)CN(C)C)nc3c(F)c(-c4c(C)ccc5cnn(C)c45)c(Cl)cc23)C[C@H]1C. The van der Waals surface area contributed by atoms with Gasteiger partial charge in [-0.15, -0.1) is 0 Å². The van der Waals surface area contributed by atoms with Gasteiger partial charge in [-0.2, -0.15) is 10.1 Å². The van der Waals surface area contributed by atoms with Gasteiger partial charge in [0.25, 0.3) is 0 Å². The van der Waals surface area contributed by atoms with Gasteiger partial charge >= 0.3 is 0 Å². The Morgan fingerprint density at radius 1 is 1.19 bits per heavy atom. The minimum Gasteiger partial charge on any atom is -0.349 e. The first kappa shape index (κ1) is 29.4. The molecule has 2 aromatic heterocycles. The number of hydrogen-bond acceptors (Lipinski definition) is 7. The van der Waals surface area contributed by atoms with Crippen LogP contribution in [-0.4, -0.2) is 87.2 Å². The minimum atomic E-state index is -0.623. The number of nitrogens with zero attached hydrogens (tertiary/aromatic N) is 7. The van der Waals surface area contributed by atoms with Crippen LogP contribution in [0.15, 0.2) is 37.1 Å². The summed E-state index contributed by atoms with van der Waals surface area (Å²) in [4.78, 5) is 39.9. The number of likely N-dealkylation sites (N-methyl/N-ethyl adjacent to an activating group) is 1. The van der Waals surface area contributed by atoms with E-state index >= 15 is 4.39 Å². The zero-order chi connectivity index (χ0) is 30.5. The average Bonchev–Trinajstić information content (AvgIpc) is 3.30. The molecule has 220 valence electrons. The van der Waals surface area contributed by atoms with E-state index in [-0.39, 0.29) is 52.5 Å². The molecule has 0 aliphatic carbocycles. The van der Waals surface area contributed by atoms with E-state index in [1.54, 1.807) is 47.9 Å². The Kier molecular flexibility index (Phi) is 7.91. The lowest BCUT2D eigenvalue weighted by molar-refractivity contribution is -0.128. The Hall–Kier alpha value is -4.09. The Bertz CT molecular complexity index is 1740. The van der Waals surface area contributed by atoms with E-state index < -0.39 is 5.82 Å². The molecule has 0 unspecified atom stereocenters. The fourth-order valence-electron chi connectivity index (χ4n) is 5.66. The normalized spacial score (nSPS) is 17.4. The second kappa shape index (κ2) is 11.3. The number of rotatable bonds is 6. The van der Waals surface area contributed by atoms with Crippen molar-refractivity contribution in [3.63, 3.8) is 0 Å². The number of nitrogens with one attached hydrogen (secondary N) is 1. The number of halogens is 2. The summed E-state index contributed by atoms with van der Waals surface area (Å²) >= 11 is 6.89. The molecular weight excluding hydrogens is 559 g/mol. The summed E-state index contributed by atoms with van der Waals surface area (Å²) in [5.74, 6) is -0.707. The molecule has 0 saturated carbocycles. The van der Waals surface area contributed by atoms with E-state index in [0.717, 1.165) is 16.5 Å². The topological polar surface area (TPSA) is 99.5 Å². The standard InChI is InChI=1S/C30H34ClFN8O2/c1-8-23(42)39-13-18(4)40(14-17(39)3)29-20-11-21(31)25(24-16(2)9-10-19-12-33-38(7)28(19)24)26(32)27(20)35-30(36-29)34-22(41)15-37(5)6/h8-12,17-18H,1,13-15H2,2-7H3,(H,34,35,36,41)/t17-,18+/m1/s1. The van der Waals surface area contributed by atoms with Crippen LogP contribution in [0.25, 0.3) is 32.9 Å². The van der Waals surface area contributed by atoms with Gasteiger partial charge in [0.05, 0.1) is 23.3 Å². The first-order valence-electron chi connectivity index (χ1n) is 13.7. The summed E-state index contributed by atoms with van der Waals surface area (Å²) in [6.45, 7) is 10.4. The van der Waals surface area contributed by atoms with Gasteiger partial charge in [0.2, 0.25) is 17.8 Å². The Morgan fingerprint density at radius 2 is 1.93 bits per heavy atom. The molecule has 42 heavy (non-hydrogen) atoms. The molecule has 1 N–H and O–H groups in total. The molecule has 1 fully saturated rings. The summed E-state index contributed by atoms with van der Waals surface area (Å²) in [6, 6.07) is 5.17. The molecule has 10 nitrogen and oxygen atoms in total. The third-order valence-corrected chi connectivity index (χ3v) is 7.95. The average molecular weight is 593 g/mol. The Balaban J connectivity index is 1.73. The smallest absolute Gasteiger partial charge is 0.246 e. The summed E-state index contributed by atoms with van der Waals surface area (Å²) in [5, 5.41) is 8.55. The van der Waals surface area contributed by atoms with Gasteiger partial charge in [0.1, 0.15) is 11.3 Å². The first-order valence-corrected chi connectivity index (χ1v) is 14.0. The van der Waals surface area contributed by atoms with Crippen LogP contribution in [0.3, 0.4) is 0 Å². The molecule has 1 aliphatic rings. The van der Waals surface area contributed by atoms with Gasteiger partial charge in [-0.25, -0.2) is 9.37 Å². The molecule has 0 radical (unpaired) electrons. The fraction of sp³-hybridized carbons (Fsp3) is 0.367. The maximum atomic E-state index is 16.8. The van der Waals surface area contributed by atoms with E-state index in [4.69, 9.17) is 16.6 Å². The quantitative estimate of drug-likeness (QED) is 0.331. The highest BCUT2D eigenvalue weighted by molar-refractivity contribution is 6.35. The monoisotopic (exact) mass is 592 g/mol. The predicted molar refractivity (Wildman–Crippen MR) is 164 cm³/mol. The van der Waals surface area contributed by atoms with Crippen molar-refractivity contribution >= 4 is 57.0 Å². The molecule has 1 saturated heterocycles. The van der Waals surface area contributed by atoms with Gasteiger partial charge in [0, 0.05) is 54.1 Å². The largest absolute Gasteiger partial charge is 0.349 e. The van der Waals surface area contributed by atoms with Crippen molar-refractivity contribution in [3.05, 3.63) is 53.5 Å². The predicted octanol–water partition coefficient (Wildman–Crippen LogP) is 4.40. The van der Waals surface area contributed by atoms with Crippen LogP contribution in [0.5, 0.6) is 0 Å². The number of anilines is 2. The molecule has 1 aliphatic heterocycles. The van der Waals surface area contributed by atoms with Crippen LogP contribution >= 0.6 is 11.6 Å². The number of fused-ring (bicyclic) bond motifs is 2. The molecule has 0 spiro atoms. The second-order valence-electron chi connectivity index (χ2n) is 11.1. The van der Waals surface area contributed by atoms with Crippen molar-refractivity contribution < 1.29 is 14.0 Å². The van der Waals surface area contributed by atoms with E-state index in [2.05, 4.69) is 22.0 Å². The summed E-state index contributed by atoms with van der Waals surface area (Å²) in [7, 11) is 5.35. The number of carbonyl (C=O) groups excluding carboxylic acids is 2. The summed E-state index contributed by atoms with van der Waals surface area (Å²) < 4.78 is 18.5. The molecule has 4 aromatic rings. The Morgan fingerprint density at radius 3 is 2.62 bits per heavy atom. The Labute approximate surface area is 248 Å². The van der Waals surface area contributed by atoms with Crippen LogP contribution in [0.1, 0.15) is 19.4 Å². The number of carbonyl (C=O) groups is 2. The highest BCUT2D eigenvalue weighted by atomic mass is 35.5. The fourth-order valence-corrected chi connectivity index (χ4v) is 5.95. The molecule has 2 atom stereocenters. The lowest BCUT2D eigenvalue weighted by Gasteiger charge is -2.44. The highest BCUT2D eigenvalue weighted by Crippen LogP contribution is 2.42. The van der Waals surface area contributed by atoms with Crippen molar-refractivity contribution in [2.75, 3.05) is 43.9 Å². The molecule has 3 heterocycles. The number of amides is 2. The van der Waals surface area contributed by atoms with Crippen molar-refractivity contribution in [1.82, 2.24) is 29.5 Å². The van der Waals surface area contributed by atoms with E-state index in [0.29, 0.717) is 29.9 Å². The third kappa shape index (κ3) is 5.18. The molecule has 0 bridgehead atoms. The van der Waals surface area contributed by atoms with Crippen molar-refractivity contribution in [3.8, 4) is 11.1 Å². The molecule has 2 aromatic carbocycles. The van der Waals surface area contributed by atoms with E-state index in [1.807, 2.05) is 37.8 Å². The first-order chi connectivity index (χ1) is 19.9. The molecule has 2 amide bonds. The number of benzene rings is 2. The molecule has 12 heteroatoms. The number of aryl methyl sites for hydroxylation is 2.